The molecule has 1 heterocycles. The lowest BCUT2D eigenvalue weighted by atomic mass is 10.2. The van der Waals surface area contributed by atoms with Crippen LogP contribution < -0.4 is 20.1 Å². The molecule has 1 aromatic carbocycles. The molecular weight excluding hydrogens is 488 g/mol. The number of hydrogen-bond acceptors (Lipinski definition) is 4. The number of nitrogens with one attached hydrogen (secondary N) is 2. The van der Waals surface area contributed by atoms with Crippen molar-refractivity contribution in [3.8, 4) is 11.5 Å². The van der Waals surface area contributed by atoms with E-state index >= 15 is 0 Å². The Morgan fingerprint density at radius 3 is 2.64 bits per heavy atom. The molecule has 1 saturated heterocycles. The van der Waals surface area contributed by atoms with Crippen molar-refractivity contribution in [2.75, 3.05) is 45.2 Å². The highest BCUT2D eigenvalue weighted by Crippen LogP contribution is 2.30. The molecule has 0 spiro atoms. The van der Waals surface area contributed by atoms with E-state index in [-0.39, 0.29) is 30.0 Å². The molecule has 0 bridgehead atoms. The number of nitrogens with zero attached hydrogens (tertiary/aromatic N) is 2. The van der Waals surface area contributed by atoms with Crippen LogP contribution in [0.15, 0.2) is 23.2 Å². The van der Waals surface area contributed by atoms with E-state index in [1.807, 2.05) is 19.9 Å². The van der Waals surface area contributed by atoms with E-state index in [1.54, 1.807) is 19.2 Å². The minimum Gasteiger partial charge on any atom is -0.493 e. The van der Waals surface area contributed by atoms with Crippen molar-refractivity contribution in [3.63, 3.8) is 0 Å². The summed E-state index contributed by atoms with van der Waals surface area (Å²) in [7, 11) is 1.57. The van der Waals surface area contributed by atoms with E-state index in [2.05, 4.69) is 15.6 Å². The number of benzene rings is 1. The Labute approximate surface area is 180 Å². The summed E-state index contributed by atoms with van der Waals surface area (Å²) in [5.41, 5.74) is 0.754. The fourth-order valence-corrected chi connectivity index (χ4v) is 2.98. The average Bonchev–Trinajstić information content (AvgIpc) is 3.00. The fraction of sp³-hybridized carbons (Fsp3) is 0.611. The third kappa shape index (κ3) is 7.90. The van der Waals surface area contributed by atoms with E-state index in [1.165, 1.54) is 4.90 Å². The molecule has 1 unspecified atom stereocenters. The fourth-order valence-electron chi connectivity index (χ4n) is 2.98. The number of ether oxygens (including phenoxy) is 2. The first-order chi connectivity index (χ1) is 12.8. The third-order valence-electron chi connectivity index (χ3n) is 4.06. The van der Waals surface area contributed by atoms with Gasteiger partial charge in [-0.25, -0.2) is 0 Å². The number of guanidine groups is 1. The van der Waals surface area contributed by atoms with Crippen molar-refractivity contribution < 1.29 is 22.6 Å². The summed E-state index contributed by atoms with van der Waals surface area (Å²) >= 11 is 0. The second kappa shape index (κ2) is 11.5. The van der Waals surface area contributed by atoms with Gasteiger partial charge < -0.3 is 20.1 Å². The van der Waals surface area contributed by atoms with Gasteiger partial charge in [0.1, 0.15) is 0 Å². The van der Waals surface area contributed by atoms with E-state index in [0.29, 0.717) is 50.1 Å². The van der Waals surface area contributed by atoms with Crippen LogP contribution in [-0.2, 0) is 0 Å². The quantitative estimate of drug-likeness (QED) is 0.329. The second-order valence-corrected chi connectivity index (χ2v) is 6.23. The van der Waals surface area contributed by atoms with Gasteiger partial charge in [0, 0.05) is 37.4 Å². The zero-order valence-electron chi connectivity index (χ0n) is 16.3. The molecule has 0 radical (unpaired) electrons. The van der Waals surface area contributed by atoms with Crippen LogP contribution in [0.1, 0.15) is 20.3 Å². The van der Waals surface area contributed by atoms with Gasteiger partial charge >= 0.3 is 6.18 Å². The number of likely N-dealkylation sites (tertiary alicyclic amines) is 1. The molecule has 2 N–H and O–H groups in total. The first-order valence-corrected chi connectivity index (χ1v) is 9.02. The van der Waals surface area contributed by atoms with Crippen LogP contribution in [0.5, 0.6) is 11.5 Å². The first kappa shape index (κ1) is 24.6. The summed E-state index contributed by atoms with van der Waals surface area (Å²) in [4.78, 5) is 5.79. The van der Waals surface area contributed by atoms with Crippen LogP contribution in [0, 0.1) is 0 Å². The smallest absolute Gasteiger partial charge is 0.401 e. The van der Waals surface area contributed by atoms with E-state index in [9.17, 15) is 13.2 Å². The Balaban J connectivity index is 0.00000392. The standard InChI is InChI=1S/C18H27F3N4O2.HI/c1-4-22-17(24-14-8-9-25(11-14)12-18(19,20)21)23-13-6-7-15(26-3)16(10-13)27-5-2;/h6-7,10,14H,4-5,8-9,11-12H2,1-3H3,(H2,22,23,24);1H. The largest absolute Gasteiger partial charge is 0.493 e. The molecule has 6 nitrogen and oxygen atoms in total. The molecule has 1 fully saturated rings. The van der Waals surface area contributed by atoms with Crippen molar-refractivity contribution in [1.82, 2.24) is 10.2 Å². The minimum absolute atomic E-state index is 0. The summed E-state index contributed by atoms with van der Waals surface area (Å²) in [6.45, 7) is 4.69. The molecule has 0 aliphatic carbocycles. The van der Waals surface area contributed by atoms with Crippen LogP contribution >= 0.6 is 24.0 Å². The monoisotopic (exact) mass is 516 g/mol. The number of methoxy groups -OCH3 is 1. The van der Waals surface area contributed by atoms with Crippen LogP contribution in [0.3, 0.4) is 0 Å². The summed E-state index contributed by atoms with van der Waals surface area (Å²) in [6.07, 6.45) is -3.54. The van der Waals surface area contributed by atoms with Gasteiger partial charge in [0.15, 0.2) is 17.5 Å². The molecule has 0 amide bonds. The SMILES string of the molecule is CCN=C(Nc1ccc(OC)c(OCC)c1)NC1CCN(CC(F)(F)F)C1.I. The van der Waals surface area contributed by atoms with Gasteiger partial charge in [-0.2, -0.15) is 13.2 Å². The molecule has 1 aliphatic heterocycles. The number of alkyl halides is 3. The molecule has 1 atom stereocenters. The molecule has 2 rings (SSSR count). The number of rotatable bonds is 7. The maximum Gasteiger partial charge on any atom is 0.401 e. The summed E-state index contributed by atoms with van der Waals surface area (Å²) in [6, 6.07) is 5.34. The lowest BCUT2D eigenvalue weighted by molar-refractivity contribution is -0.143. The number of anilines is 1. The van der Waals surface area contributed by atoms with Crippen LogP contribution in [0.4, 0.5) is 18.9 Å². The molecule has 10 heteroatoms. The van der Waals surface area contributed by atoms with Crippen molar-refractivity contribution >= 4 is 35.6 Å². The Hall–Kier alpha value is -1.43. The summed E-state index contributed by atoms with van der Waals surface area (Å²) in [5.74, 6) is 1.77. The van der Waals surface area contributed by atoms with Crippen molar-refractivity contribution in [1.29, 1.82) is 0 Å². The maximum absolute atomic E-state index is 12.5. The third-order valence-corrected chi connectivity index (χ3v) is 4.06. The number of hydrogen-bond donors (Lipinski definition) is 2. The zero-order valence-corrected chi connectivity index (χ0v) is 18.6. The van der Waals surface area contributed by atoms with Crippen molar-refractivity contribution in [2.24, 2.45) is 4.99 Å². The number of aliphatic imine (C=N–C) groups is 1. The highest BCUT2D eigenvalue weighted by Gasteiger charge is 2.34. The summed E-state index contributed by atoms with van der Waals surface area (Å²) in [5, 5.41) is 6.40. The average molecular weight is 516 g/mol. The van der Waals surface area contributed by atoms with Gasteiger partial charge in [-0.3, -0.25) is 9.89 Å². The maximum atomic E-state index is 12.5. The Morgan fingerprint density at radius 2 is 2.04 bits per heavy atom. The molecular formula is C18H28F3IN4O2. The van der Waals surface area contributed by atoms with E-state index in [0.717, 1.165) is 5.69 Å². The van der Waals surface area contributed by atoms with E-state index < -0.39 is 12.7 Å². The highest BCUT2D eigenvalue weighted by atomic mass is 127. The Bertz CT molecular complexity index is 644. The Morgan fingerprint density at radius 1 is 1.29 bits per heavy atom. The first-order valence-electron chi connectivity index (χ1n) is 9.02. The molecule has 1 aliphatic rings. The topological polar surface area (TPSA) is 58.1 Å². The molecule has 0 aromatic heterocycles. The molecule has 160 valence electrons. The highest BCUT2D eigenvalue weighted by molar-refractivity contribution is 14.0. The minimum atomic E-state index is -4.17. The molecule has 28 heavy (non-hydrogen) atoms. The van der Waals surface area contributed by atoms with Gasteiger partial charge in [-0.05, 0) is 32.4 Å². The summed E-state index contributed by atoms with van der Waals surface area (Å²) < 4.78 is 48.5. The van der Waals surface area contributed by atoms with Crippen molar-refractivity contribution in [2.45, 2.75) is 32.5 Å². The van der Waals surface area contributed by atoms with Crippen molar-refractivity contribution in [3.05, 3.63) is 18.2 Å². The van der Waals surface area contributed by atoms with Gasteiger partial charge in [0.2, 0.25) is 0 Å². The normalized spacial score (nSPS) is 17.8. The zero-order chi connectivity index (χ0) is 19.9. The molecule has 1 aromatic rings. The van der Waals surface area contributed by atoms with Crippen LogP contribution in [0.25, 0.3) is 0 Å². The lowest BCUT2D eigenvalue weighted by Gasteiger charge is -2.20. The van der Waals surface area contributed by atoms with Gasteiger partial charge in [-0.15, -0.1) is 24.0 Å². The van der Waals surface area contributed by atoms with Gasteiger partial charge in [-0.1, -0.05) is 0 Å². The van der Waals surface area contributed by atoms with Gasteiger partial charge in [0.25, 0.3) is 0 Å². The van der Waals surface area contributed by atoms with Crippen LogP contribution in [-0.4, -0.2) is 63.0 Å². The predicted molar refractivity (Wildman–Crippen MR) is 115 cm³/mol. The van der Waals surface area contributed by atoms with Gasteiger partial charge in [0.05, 0.1) is 20.3 Å². The lowest BCUT2D eigenvalue weighted by Crippen LogP contribution is -2.42. The Kier molecular flexibility index (Phi) is 10.1. The predicted octanol–water partition coefficient (Wildman–Crippen LogP) is 3.73. The second-order valence-electron chi connectivity index (χ2n) is 6.23. The van der Waals surface area contributed by atoms with Crippen LogP contribution in [0.2, 0.25) is 0 Å². The molecule has 0 saturated carbocycles. The number of halogens is 4. The van der Waals surface area contributed by atoms with E-state index in [4.69, 9.17) is 9.47 Å².